The molecule has 4 heteroatoms. The van der Waals surface area contributed by atoms with Crippen LogP contribution in [0.5, 0.6) is 0 Å². The summed E-state index contributed by atoms with van der Waals surface area (Å²) in [6.45, 7) is 0. The van der Waals surface area contributed by atoms with E-state index in [-0.39, 0.29) is 6.15 Å². The quantitative estimate of drug-likeness (QED) is 0.627. The van der Waals surface area contributed by atoms with Gasteiger partial charge in [-0.3, -0.25) is 0 Å². The maximum absolute atomic E-state index is 11.8. The summed E-state index contributed by atoms with van der Waals surface area (Å²) in [7, 11) is 0. The van der Waals surface area contributed by atoms with E-state index >= 15 is 0 Å². The molecule has 0 atom stereocenters. The molecule has 0 aliphatic rings. The molecule has 0 aliphatic heterocycles. The molecule has 62 valence electrons. The minimum absolute atomic E-state index is 0. The number of halogens is 3. The normalized spacial score (nSPS) is 10.5. The first kappa shape index (κ1) is 9.97. The van der Waals surface area contributed by atoms with Crippen LogP contribution in [-0.2, 0) is 6.18 Å². The Morgan fingerprint density at radius 1 is 0.909 bits per heavy atom. The molecule has 0 aliphatic carbocycles. The zero-order valence-corrected chi connectivity index (χ0v) is 5.73. The number of benzene rings is 1. The largest absolute Gasteiger partial charge is 0.416 e. The Hall–Kier alpha value is -1.03. The molecule has 0 spiro atoms. The summed E-state index contributed by atoms with van der Waals surface area (Å²) in [5.41, 5.74) is -0.602. The van der Waals surface area contributed by atoms with E-state index in [0.29, 0.717) is 0 Å². The summed E-state index contributed by atoms with van der Waals surface area (Å²) >= 11 is 0. The molecule has 0 aromatic heterocycles. The molecule has 1 nitrogen and oxygen atoms in total. The molecule has 1 aromatic rings. The van der Waals surface area contributed by atoms with Gasteiger partial charge in [0.05, 0.1) is 5.56 Å². The molecular formula is C7H8F3N. The van der Waals surface area contributed by atoms with E-state index in [1.54, 1.807) is 6.07 Å². The third kappa shape index (κ3) is 2.59. The predicted octanol–water partition coefficient (Wildman–Crippen LogP) is 2.87. The van der Waals surface area contributed by atoms with Crippen LogP contribution in [0.1, 0.15) is 5.56 Å². The third-order valence-corrected chi connectivity index (χ3v) is 1.10. The van der Waals surface area contributed by atoms with E-state index in [1.807, 2.05) is 0 Å². The van der Waals surface area contributed by atoms with Crippen LogP contribution in [0.15, 0.2) is 30.3 Å². The van der Waals surface area contributed by atoms with Gasteiger partial charge >= 0.3 is 6.18 Å². The fourth-order valence-corrected chi connectivity index (χ4v) is 0.627. The van der Waals surface area contributed by atoms with E-state index in [0.717, 1.165) is 12.1 Å². The number of hydrogen-bond acceptors (Lipinski definition) is 1. The molecule has 1 aromatic carbocycles. The van der Waals surface area contributed by atoms with E-state index in [1.165, 1.54) is 12.1 Å². The van der Waals surface area contributed by atoms with Crippen LogP contribution in [-0.4, -0.2) is 0 Å². The smallest absolute Gasteiger partial charge is 0.344 e. The van der Waals surface area contributed by atoms with Crippen molar-refractivity contribution >= 4 is 0 Å². The predicted molar refractivity (Wildman–Crippen MR) is 36.5 cm³/mol. The summed E-state index contributed by atoms with van der Waals surface area (Å²) in [6, 6.07) is 6.36. The number of rotatable bonds is 0. The average Bonchev–Trinajstić information content (AvgIpc) is 1.88. The maximum Gasteiger partial charge on any atom is 0.416 e. The Balaban J connectivity index is 0.000001000. The zero-order chi connectivity index (χ0) is 7.61. The van der Waals surface area contributed by atoms with Crippen LogP contribution in [0.4, 0.5) is 13.2 Å². The Labute approximate surface area is 62.4 Å². The lowest BCUT2D eigenvalue weighted by Crippen LogP contribution is -2.03. The first-order valence-corrected chi connectivity index (χ1v) is 2.73. The highest BCUT2D eigenvalue weighted by Crippen LogP contribution is 2.28. The maximum atomic E-state index is 11.8. The van der Waals surface area contributed by atoms with Crippen molar-refractivity contribution in [2.24, 2.45) is 0 Å². The van der Waals surface area contributed by atoms with Gasteiger partial charge in [0.2, 0.25) is 0 Å². The molecule has 0 saturated carbocycles. The van der Waals surface area contributed by atoms with Gasteiger partial charge in [0.15, 0.2) is 0 Å². The van der Waals surface area contributed by atoms with Crippen LogP contribution in [0.25, 0.3) is 0 Å². The van der Waals surface area contributed by atoms with Crippen molar-refractivity contribution in [3.8, 4) is 0 Å². The lowest BCUT2D eigenvalue weighted by molar-refractivity contribution is -0.137. The molecule has 1 rings (SSSR count). The molecule has 11 heavy (non-hydrogen) atoms. The number of hydrogen-bond donors (Lipinski definition) is 1. The van der Waals surface area contributed by atoms with Gasteiger partial charge in [0.1, 0.15) is 0 Å². The SMILES string of the molecule is FC(F)(F)c1ccccc1.N. The topological polar surface area (TPSA) is 35.0 Å². The molecule has 0 radical (unpaired) electrons. The third-order valence-electron chi connectivity index (χ3n) is 1.10. The van der Waals surface area contributed by atoms with E-state index in [9.17, 15) is 13.2 Å². The fraction of sp³-hybridized carbons (Fsp3) is 0.143. The van der Waals surface area contributed by atoms with Gasteiger partial charge in [-0.15, -0.1) is 0 Å². The highest BCUT2D eigenvalue weighted by Gasteiger charge is 2.29. The minimum atomic E-state index is -4.21. The van der Waals surface area contributed by atoms with E-state index in [2.05, 4.69) is 0 Å². The Morgan fingerprint density at radius 3 is 1.64 bits per heavy atom. The van der Waals surface area contributed by atoms with Crippen molar-refractivity contribution in [1.82, 2.24) is 6.15 Å². The van der Waals surface area contributed by atoms with Crippen LogP contribution < -0.4 is 6.15 Å². The van der Waals surface area contributed by atoms with Crippen LogP contribution in [0, 0.1) is 0 Å². The first-order chi connectivity index (χ1) is 4.61. The van der Waals surface area contributed by atoms with Crippen molar-refractivity contribution in [3.05, 3.63) is 35.9 Å². The standard InChI is InChI=1S/C7H5F3.H3N/c8-7(9,10)6-4-2-1-3-5-6;/h1-5H;1H3. The van der Waals surface area contributed by atoms with Crippen molar-refractivity contribution in [3.63, 3.8) is 0 Å². The second kappa shape index (κ2) is 3.39. The van der Waals surface area contributed by atoms with Crippen LogP contribution in [0.2, 0.25) is 0 Å². The fourth-order valence-electron chi connectivity index (χ4n) is 0.627. The van der Waals surface area contributed by atoms with Crippen molar-refractivity contribution in [2.45, 2.75) is 6.18 Å². The molecule has 0 unspecified atom stereocenters. The van der Waals surface area contributed by atoms with Gasteiger partial charge in [-0.25, -0.2) is 0 Å². The van der Waals surface area contributed by atoms with Crippen LogP contribution >= 0.6 is 0 Å². The Bertz CT molecular complexity index is 205. The van der Waals surface area contributed by atoms with Gasteiger partial charge in [0.25, 0.3) is 0 Å². The van der Waals surface area contributed by atoms with Crippen molar-refractivity contribution in [1.29, 1.82) is 0 Å². The van der Waals surface area contributed by atoms with Gasteiger partial charge in [-0.1, -0.05) is 30.3 Å². The summed E-state index contributed by atoms with van der Waals surface area (Å²) in [5.74, 6) is 0. The van der Waals surface area contributed by atoms with Gasteiger partial charge in [-0.2, -0.15) is 13.2 Å². The lowest BCUT2D eigenvalue weighted by atomic mass is 10.2. The Morgan fingerprint density at radius 2 is 1.36 bits per heavy atom. The molecular weight excluding hydrogens is 155 g/mol. The van der Waals surface area contributed by atoms with Gasteiger partial charge in [-0.05, 0) is 0 Å². The summed E-state index contributed by atoms with van der Waals surface area (Å²) in [6.07, 6.45) is -4.21. The molecule has 3 N–H and O–H groups in total. The first-order valence-electron chi connectivity index (χ1n) is 2.73. The van der Waals surface area contributed by atoms with E-state index in [4.69, 9.17) is 0 Å². The molecule has 0 saturated heterocycles. The highest BCUT2D eigenvalue weighted by atomic mass is 19.4. The van der Waals surface area contributed by atoms with Crippen molar-refractivity contribution in [2.75, 3.05) is 0 Å². The summed E-state index contributed by atoms with van der Waals surface area (Å²) in [4.78, 5) is 0. The molecule has 0 bridgehead atoms. The second-order valence-corrected chi connectivity index (χ2v) is 1.86. The summed E-state index contributed by atoms with van der Waals surface area (Å²) in [5, 5.41) is 0. The van der Waals surface area contributed by atoms with Gasteiger partial charge < -0.3 is 6.15 Å². The lowest BCUT2D eigenvalue weighted by Gasteiger charge is -2.03. The summed E-state index contributed by atoms with van der Waals surface area (Å²) < 4.78 is 35.4. The van der Waals surface area contributed by atoms with E-state index < -0.39 is 11.7 Å². The minimum Gasteiger partial charge on any atom is -0.344 e. The zero-order valence-electron chi connectivity index (χ0n) is 5.73. The highest BCUT2D eigenvalue weighted by molar-refractivity contribution is 5.17. The number of alkyl halides is 3. The molecule has 0 heterocycles. The Kier molecular flexibility index (Phi) is 3.07. The van der Waals surface area contributed by atoms with Crippen LogP contribution in [0.3, 0.4) is 0 Å². The van der Waals surface area contributed by atoms with Crippen molar-refractivity contribution < 1.29 is 13.2 Å². The monoisotopic (exact) mass is 163 g/mol. The van der Waals surface area contributed by atoms with Gasteiger partial charge in [0, 0.05) is 0 Å². The molecule has 0 amide bonds. The average molecular weight is 163 g/mol. The second-order valence-electron chi connectivity index (χ2n) is 1.86. The molecule has 0 fully saturated rings.